The minimum absolute atomic E-state index is 0.247. The monoisotopic (exact) mass is 246 g/mol. The molecule has 0 spiro atoms. The number of rotatable bonds is 7. The molecule has 0 aromatic rings. The van der Waals surface area contributed by atoms with Gasteiger partial charge in [-0.05, 0) is 32.7 Å². The second-order valence-corrected chi connectivity index (χ2v) is 6.37. The number of likely N-dealkylation sites (N-methyl/N-ethyl adjacent to an activating group) is 1. The van der Waals surface area contributed by atoms with Crippen molar-refractivity contribution in [2.24, 2.45) is 0 Å². The SMILES string of the molecule is CCSC1CCCC1NCC(O)CN(C)C. The average Bonchev–Trinajstić information content (AvgIpc) is 2.62. The first-order chi connectivity index (χ1) is 7.63. The number of hydrogen-bond acceptors (Lipinski definition) is 4. The van der Waals surface area contributed by atoms with Crippen molar-refractivity contribution in [1.82, 2.24) is 10.2 Å². The molecule has 0 saturated heterocycles. The Bertz CT molecular complexity index is 190. The Morgan fingerprint density at radius 3 is 2.81 bits per heavy atom. The molecule has 1 saturated carbocycles. The van der Waals surface area contributed by atoms with E-state index < -0.39 is 0 Å². The summed E-state index contributed by atoms with van der Waals surface area (Å²) in [5.74, 6) is 1.20. The lowest BCUT2D eigenvalue weighted by Gasteiger charge is -2.23. The minimum Gasteiger partial charge on any atom is -0.390 e. The van der Waals surface area contributed by atoms with Crippen LogP contribution in [0.3, 0.4) is 0 Å². The van der Waals surface area contributed by atoms with Crippen molar-refractivity contribution in [3.63, 3.8) is 0 Å². The number of hydrogen-bond donors (Lipinski definition) is 2. The molecular weight excluding hydrogens is 220 g/mol. The predicted molar refractivity (Wildman–Crippen MR) is 72.1 cm³/mol. The molecule has 3 unspecified atom stereocenters. The predicted octanol–water partition coefficient (Wildman–Crippen LogP) is 1.17. The van der Waals surface area contributed by atoms with Crippen LogP contribution < -0.4 is 5.32 Å². The second-order valence-electron chi connectivity index (χ2n) is 4.86. The number of nitrogens with one attached hydrogen (secondary N) is 1. The lowest BCUT2D eigenvalue weighted by Crippen LogP contribution is -2.42. The Kier molecular flexibility index (Phi) is 6.73. The first-order valence-electron chi connectivity index (χ1n) is 6.31. The van der Waals surface area contributed by atoms with E-state index in [-0.39, 0.29) is 6.10 Å². The van der Waals surface area contributed by atoms with E-state index in [0.717, 1.165) is 18.3 Å². The van der Waals surface area contributed by atoms with Crippen LogP contribution in [0.4, 0.5) is 0 Å². The summed E-state index contributed by atoms with van der Waals surface area (Å²) in [6, 6.07) is 0.613. The van der Waals surface area contributed by atoms with Crippen LogP contribution in [0.2, 0.25) is 0 Å². The van der Waals surface area contributed by atoms with E-state index in [1.54, 1.807) is 0 Å². The highest BCUT2D eigenvalue weighted by Crippen LogP contribution is 2.29. The van der Waals surface area contributed by atoms with Crippen LogP contribution in [0.15, 0.2) is 0 Å². The van der Waals surface area contributed by atoms with Gasteiger partial charge in [0.1, 0.15) is 0 Å². The van der Waals surface area contributed by atoms with Gasteiger partial charge in [-0.15, -0.1) is 0 Å². The largest absolute Gasteiger partial charge is 0.390 e. The van der Waals surface area contributed by atoms with Crippen molar-refractivity contribution in [2.45, 2.75) is 43.6 Å². The highest BCUT2D eigenvalue weighted by molar-refractivity contribution is 7.99. The van der Waals surface area contributed by atoms with Crippen LogP contribution in [0.1, 0.15) is 26.2 Å². The van der Waals surface area contributed by atoms with Gasteiger partial charge in [0.2, 0.25) is 0 Å². The van der Waals surface area contributed by atoms with E-state index in [4.69, 9.17) is 0 Å². The van der Waals surface area contributed by atoms with Crippen LogP contribution >= 0.6 is 11.8 Å². The second kappa shape index (κ2) is 7.54. The molecule has 1 aliphatic carbocycles. The van der Waals surface area contributed by atoms with Gasteiger partial charge < -0.3 is 15.3 Å². The summed E-state index contributed by atoms with van der Waals surface area (Å²) in [7, 11) is 3.99. The molecule has 0 aromatic carbocycles. The summed E-state index contributed by atoms with van der Waals surface area (Å²) in [6.45, 7) is 3.69. The summed E-state index contributed by atoms with van der Waals surface area (Å²) in [4.78, 5) is 2.03. The molecule has 1 aliphatic rings. The molecule has 0 radical (unpaired) electrons. The van der Waals surface area contributed by atoms with E-state index >= 15 is 0 Å². The van der Waals surface area contributed by atoms with E-state index in [0.29, 0.717) is 6.04 Å². The number of thioether (sulfide) groups is 1. The fraction of sp³-hybridized carbons (Fsp3) is 1.00. The third kappa shape index (κ3) is 5.04. The lowest BCUT2D eigenvalue weighted by molar-refractivity contribution is 0.132. The zero-order valence-corrected chi connectivity index (χ0v) is 11.6. The molecule has 1 rings (SSSR count). The fourth-order valence-corrected chi connectivity index (χ4v) is 3.57. The van der Waals surface area contributed by atoms with Crippen LogP contribution in [-0.4, -0.2) is 60.3 Å². The summed E-state index contributed by atoms with van der Waals surface area (Å²) in [5.41, 5.74) is 0. The summed E-state index contributed by atoms with van der Waals surface area (Å²) in [6.07, 6.45) is 3.69. The van der Waals surface area contributed by atoms with Gasteiger partial charge in [-0.25, -0.2) is 0 Å². The maximum atomic E-state index is 9.79. The third-order valence-electron chi connectivity index (χ3n) is 3.02. The standard InChI is InChI=1S/C12H26N2OS/c1-4-16-12-7-5-6-11(12)13-8-10(15)9-14(2)3/h10-13,15H,4-9H2,1-3H3. The molecule has 0 aromatic heterocycles. The van der Waals surface area contributed by atoms with Crippen molar-refractivity contribution in [2.75, 3.05) is 32.9 Å². The van der Waals surface area contributed by atoms with Gasteiger partial charge in [-0.1, -0.05) is 13.3 Å². The van der Waals surface area contributed by atoms with Crippen LogP contribution in [0.5, 0.6) is 0 Å². The van der Waals surface area contributed by atoms with Crippen molar-refractivity contribution in [3.05, 3.63) is 0 Å². The van der Waals surface area contributed by atoms with Gasteiger partial charge >= 0.3 is 0 Å². The third-order valence-corrected chi connectivity index (χ3v) is 4.35. The molecule has 1 fully saturated rings. The molecule has 0 bridgehead atoms. The normalized spacial score (nSPS) is 27.6. The van der Waals surface area contributed by atoms with Crippen LogP contribution in [-0.2, 0) is 0 Å². The van der Waals surface area contributed by atoms with Crippen LogP contribution in [0, 0.1) is 0 Å². The zero-order valence-electron chi connectivity index (χ0n) is 10.8. The topological polar surface area (TPSA) is 35.5 Å². The molecular formula is C12H26N2OS. The van der Waals surface area contributed by atoms with E-state index in [1.807, 2.05) is 19.0 Å². The summed E-state index contributed by atoms with van der Waals surface area (Å²) in [5, 5.41) is 14.1. The smallest absolute Gasteiger partial charge is 0.0791 e. The Balaban J connectivity index is 2.20. The molecule has 3 nitrogen and oxygen atoms in total. The van der Waals surface area contributed by atoms with Gasteiger partial charge in [0.15, 0.2) is 0 Å². The molecule has 3 atom stereocenters. The van der Waals surface area contributed by atoms with Crippen molar-refractivity contribution < 1.29 is 5.11 Å². The Morgan fingerprint density at radius 1 is 1.44 bits per heavy atom. The maximum Gasteiger partial charge on any atom is 0.0791 e. The van der Waals surface area contributed by atoms with Crippen molar-refractivity contribution in [3.8, 4) is 0 Å². The average molecular weight is 246 g/mol. The van der Waals surface area contributed by atoms with E-state index in [2.05, 4.69) is 24.0 Å². The number of nitrogens with zero attached hydrogens (tertiary/aromatic N) is 1. The van der Waals surface area contributed by atoms with E-state index in [1.165, 1.54) is 25.0 Å². The van der Waals surface area contributed by atoms with Gasteiger partial charge in [0.05, 0.1) is 6.10 Å². The highest BCUT2D eigenvalue weighted by atomic mass is 32.2. The van der Waals surface area contributed by atoms with Gasteiger partial charge in [-0.3, -0.25) is 0 Å². The summed E-state index contributed by atoms with van der Waals surface area (Å²) < 4.78 is 0. The Labute approximate surface area is 104 Å². The first-order valence-corrected chi connectivity index (χ1v) is 7.36. The molecule has 2 N–H and O–H groups in total. The van der Waals surface area contributed by atoms with Crippen molar-refractivity contribution >= 4 is 11.8 Å². The number of aliphatic hydroxyl groups is 1. The van der Waals surface area contributed by atoms with Gasteiger partial charge in [0, 0.05) is 24.4 Å². The van der Waals surface area contributed by atoms with Gasteiger partial charge in [0.25, 0.3) is 0 Å². The quantitative estimate of drug-likeness (QED) is 0.707. The Hall–Kier alpha value is 0.230. The molecule has 96 valence electrons. The summed E-state index contributed by atoms with van der Waals surface area (Å²) >= 11 is 2.06. The maximum absolute atomic E-state index is 9.79. The molecule has 4 heteroatoms. The van der Waals surface area contributed by atoms with Gasteiger partial charge in [-0.2, -0.15) is 11.8 Å². The molecule has 16 heavy (non-hydrogen) atoms. The first kappa shape index (κ1) is 14.3. The Morgan fingerprint density at radius 2 is 2.19 bits per heavy atom. The molecule has 0 heterocycles. The fourth-order valence-electron chi connectivity index (χ4n) is 2.35. The highest BCUT2D eigenvalue weighted by Gasteiger charge is 2.26. The van der Waals surface area contributed by atoms with Crippen molar-refractivity contribution in [1.29, 1.82) is 0 Å². The zero-order chi connectivity index (χ0) is 12.0. The molecule has 0 amide bonds. The minimum atomic E-state index is -0.247. The van der Waals surface area contributed by atoms with E-state index in [9.17, 15) is 5.11 Å². The lowest BCUT2D eigenvalue weighted by atomic mass is 10.2. The number of aliphatic hydroxyl groups excluding tert-OH is 1. The molecule has 0 aliphatic heterocycles. The van der Waals surface area contributed by atoms with Crippen LogP contribution in [0.25, 0.3) is 0 Å².